The zero-order valence-corrected chi connectivity index (χ0v) is 15.5. The van der Waals surface area contributed by atoms with Gasteiger partial charge in [-0.2, -0.15) is 0 Å². The molecule has 6 heteroatoms. The molecule has 3 fully saturated rings. The van der Waals surface area contributed by atoms with Crippen LogP contribution in [0, 0.1) is 11.8 Å². The van der Waals surface area contributed by atoms with E-state index in [1.54, 1.807) is 0 Å². The van der Waals surface area contributed by atoms with Crippen molar-refractivity contribution in [3.8, 4) is 0 Å². The highest BCUT2D eigenvalue weighted by Gasteiger charge is 2.51. The summed E-state index contributed by atoms with van der Waals surface area (Å²) in [5.41, 5.74) is 0.294. The normalized spacial score (nSPS) is 51.0. The molecule has 116 valence electrons. The molecule has 20 heavy (non-hydrogen) atoms. The predicted molar refractivity (Wildman–Crippen MR) is 94.9 cm³/mol. The van der Waals surface area contributed by atoms with E-state index in [4.69, 9.17) is 9.47 Å². The molecular weight excluding hydrogens is 328 g/mol. The van der Waals surface area contributed by atoms with Gasteiger partial charge in [-0.05, 0) is 62.9 Å². The summed E-state index contributed by atoms with van der Waals surface area (Å²) in [6, 6.07) is 0. The summed E-state index contributed by atoms with van der Waals surface area (Å²) in [5.74, 6) is 4.20. The van der Waals surface area contributed by atoms with Gasteiger partial charge in [-0.25, -0.2) is 0 Å². The Morgan fingerprint density at radius 1 is 0.850 bits per heavy atom. The minimum atomic E-state index is -0.00466. The molecule has 0 spiro atoms. The first-order valence-electron chi connectivity index (χ1n) is 7.41. The van der Waals surface area contributed by atoms with Gasteiger partial charge < -0.3 is 9.47 Å². The van der Waals surface area contributed by atoms with Crippen LogP contribution in [0.2, 0.25) is 0 Å². The second kappa shape index (κ2) is 6.08. The summed E-state index contributed by atoms with van der Waals surface area (Å²) in [7, 11) is 0. The van der Waals surface area contributed by atoms with E-state index >= 15 is 0 Å². The summed E-state index contributed by atoms with van der Waals surface area (Å²) in [6.07, 6.45) is 5.47. The maximum absolute atomic E-state index is 5.51. The molecule has 0 aromatic rings. The van der Waals surface area contributed by atoms with Gasteiger partial charge in [0.15, 0.2) is 0 Å². The third-order valence-electron chi connectivity index (χ3n) is 4.65. The lowest BCUT2D eigenvalue weighted by Crippen LogP contribution is -2.20. The average molecular weight is 353 g/mol. The van der Waals surface area contributed by atoms with Gasteiger partial charge >= 0.3 is 0 Å². The van der Waals surface area contributed by atoms with E-state index in [1.807, 2.05) is 23.5 Å². The van der Waals surface area contributed by atoms with E-state index in [9.17, 15) is 0 Å². The second-order valence-corrected chi connectivity index (χ2v) is 10.3. The highest BCUT2D eigenvalue weighted by molar-refractivity contribution is 8.02. The van der Waals surface area contributed by atoms with Crippen molar-refractivity contribution < 1.29 is 9.47 Å². The molecule has 0 bridgehead atoms. The molecule has 4 unspecified atom stereocenters. The first-order chi connectivity index (χ1) is 9.41. The third kappa shape index (κ3) is 3.80. The van der Waals surface area contributed by atoms with Crippen molar-refractivity contribution in [1.82, 2.24) is 0 Å². The van der Waals surface area contributed by atoms with Gasteiger partial charge in [0.2, 0.25) is 0 Å². The van der Waals surface area contributed by atoms with Crippen LogP contribution < -0.4 is 0 Å². The fraction of sp³-hybridized carbons (Fsp3) is 1.00. The molecule has 0 N–H and O–H groups in total. The zero-order chi connectivity index (χ0) is 14.4. The Balaban J connectivity index is 1.31. The number of hydrogen-bond donors (Lipinski definition) is 2. The van der Waals surface area contributed by atoms with Crippen molar-refractivity contribution >= 4 is 48.8 Å². The van der Waals surface area contributed by atoms with Crippen LogP contribution in [-0.4, -0.2) is 32.2 Å². The Kier molecular flexibility index (Phi) is 4.92. The predicted octanol–water partition coefficient (Wildman–Crippen LogP) is 4.26. The number of thiol groups is 2. The fourth-order valence-electron chi connectivity index (χ4n) is 2.72. The number of ether oxygens (including phenoxy) is 2. The minimum Gasteiger partial charge on any atom is -0.343 e. The molecule has 0 amide bonds. The van der Waals surface area contributed by atoms with Crippen LogP contribution in [0.5, 0.6) is 0 Å². The van der Waals surface area contributed by atoms with Gasteiger partial charge in [0, 0.05) is 0 Å². The lowest BCUT2D eigenvalue weighted by Gasteiger charge is -2.28. The van der Waals surface area contributed by atoms with Crippen LogP contribution in [0.4, 0.5) is 0 Å². The first-order valence-corrected chi connectivity index (χ1v) is 10.4. The van der Waals surface area contributed by atoms with Crippen molar-refractivity contribution in [3.63, 3.8) is 0 Å². The molecule has 0 aromatic heterocycles. The Morgan fingerprint density at radius 2 is 1.15 bits per heavy atom. The Hall–Kier alpha value is 1.32. The molecule has 2 nitrogen and oxygen atoms in total. The lowest BCUT2D eigenvalue weighted by molar-refractivity contribution is 0.313. The largest absolute Gasteiger partial charge is 0.343 e. The lowest BCUT2D eigenvalue weighted by atomic mass is 9.84. The van der Waals surface area contributed by atoms with Crippen molar-refractivity contribution in [2.75, 3.05) is 11.5 Å². The molecule has 1 aliphatic carbocycles. The SMILES string of the molecule is CC1(SCC2CCC(CSC3(C)OC3S)CC2)OC1S. The second-order valence-electron chi connectivity index (χ2n) is 6.48. The topological polar surface area (TPSA) is 25.1 Å². The van der Waals surface area contributed by atoms with Crippen molar-refractivity contribution in [1.29, 1.82) is 0 Å². The average Bonchev–Trinajstić information content (AvgIpc) is 3.23. The molecule has 2 aliphatic heterocycles. The van der Waals surface area contributed by atoms with Gasteiger partial charge in [0.25, 0.3) is 0 Å². The molecule has 1 saturated carbocycles. The summed E-state index contributed by atoms with van der Waals surface area (Å²) in [6.45, 7) is 4.31. The fourth-order valence-corrected chi connectivity index (χ4v) is 6.16. The van der Waals surface area contributed by atoms with Crippen molar-refractivity contribution in [2.45, 2.75) is 60.3 Å². The highest BCUT2D eigenvalue weighted by Crippen LogP contribution is 2.51. The Morgan fingerprint density at radius 3 is 1.40 bits per heavy atom. The van der Waals surface area contributed by atoms with E-state index in [0.29, 0.717) is 0 Å². The number of hydrogen-bond acceptors (Lipinski definition) is 6. The molecule has 4 atom stereocenters. The van der Waals surface area contributed by atoms with E-state index in [0.717, 1.165) is 11.8 Å². The van der Waals surface area contributed by atoms with Gasteiger partial charge in [-0.3, -0.25) is 0 Å². The van der Waals surface area contributed by atoms with Gasteiger partial charge in [-0.1, -0.05) is 0 Å². The monoisotopic (exact) mass is 352 g/mol. The van der Waals surface area contributed by atoms with E-state index in [1.165, 1.54) is 37.2 Å². The standard InChI is InChI=1S/C14H24O2S4/c1-13(11(17)15-13)19-7-9-3-5-10(6-4-9)8-20-14(2)12(18)16-14/h9-12,17-18H,3-8H2,1-2H3. The van der Waals surface area contributed by atoms with E-state index in [-0.39, 0.29) is 20.7 Å². The molecular formula is C14H24O2S4. The number of rotatable bonds is 6. The van der Waals surface area contributed by atoms with Gasteiger partial charge in [0.05, 0.1) is 0 Å². The van der Waals surface area contributed by atoms with E-state index < -0.39 is 0 Å². The van der Waals surface area contributed by atoms with Gasteiger partial charge in [0.1, 0.15) is 20.7 Å². The Labute approximate surface area is 141 Å². The number of epoxide rings is 2. The minimum absolute atomic E-state index is 0.00466. The van der Waals surface area contributed by atoms with Crippen LogP contribution >= 0.6 is 48.8 Å². The Bertz CT molecular complexity index is 327. The first kappa shape index (κ1) is 16.2. The molecule has 0 radical (unpaired) electrons. The van der Waals surface area contributed by atoms with Crippen LogP contribution in [0.3, 0.4) is 0 Å². The van der Waals surface area contributed by atoms with E-state index in [2.05, 4.69) is 39.1 Å². The summed E-state index contributed by atoms with van der Waals surface area (Å²) >= 11 is 12.7. The van der Waals surface area contributed by atoms with Crippen LogP contribution in [0.25, 0.3) is 0 Å². The summed E-state index contributed by atoms with van der Waals surface area (Å²) in [5, 5.41) is 0. The van der Waals surface area contributed by atoms with Crippen LogP contribution in [-0.2, 0) is 9.47 Å². The molecule has 2 saturated heterocycles. The zero-order valence-electron chi connectivity index (χ0n) is 12.1. The molecule has 2 heterocycles. The molecule has 0 aromatic carbocycles. The molecule has 3 rings (SSSR count). The van der Waals surface area contributed by atoms with Crippen LogP contribution in [0.1, 0.15) is 39.5 Å². The molecule has 3 aliphatic rings. The smallest absolute Gasteiger partial charge is 0.147 e. The van der Waals surface area contributed by atoms with Crippen LogP contribution in [0.15, 0.2) is 0 Å². The quantitative estimate of drug-likeness (QED) is 0.551. The van der Waals surface area contributed by atoms with Crippen molar-refractivity contribution in [2.24, 2.45) is 11.8 Å². The van der Waals surface area contributed by atoms with Gasteiger partial charge in [-0.15, -0.1) is 48.8 Å². The maximum Gasteiger partial charge on any atom is 0.147 e. The summed E-state index contributed by atoms with van der Waals surface area (Å²) < 4.78 is 11.0. The van der Waals surface area contributed by atoms with Crippen molar-refractivity contribution in [3.05, 3.63) is 0 Å². The highest BCUT2D eigenvalue weighted by atomic mass is 32.2. The maximum atomic E-state index is 5.51. The number of thioether (sulfide) groups is 2. The third-order valence-corrected chi connectivity index (χ3v) is 9.24. The summed E-state index contributed by atoms with van der Waals surface area (Å²) in [4.78, 5) is -0.00933.